The molecule has 0 aromatic rings. The molecule has 0 aliphatic carbocycles. The van der Waals surface area contributed by atoms with Crippen molar-refractivity contribution in [2.75, 3.05) is 0 Å². The molecule has 0 aromatic carbocycles. The summed E-state index contributed by atoms with van der Waals surface area (Å²) in [4.78, 5) is 0. The van der Waals surface area contributed by atoms with Crippen molar-refractivity contribution in [1.82, 2.24) is 0 Å². The zero-order valence-electron chi connectivity index (χ0n) is 7.40. The van der Waals surface area contributed by atoms with Gasteiger partial charge in [-0.2, -0.15) is 0 Å². The van der Waals surface area contributed by atoms with Gasteiger partial charge in [0.05, 0.1) is 0 Å². The summed E-state index contributed by atoms with van der Waals surface area (Å²) in [5, 5.41) is 0. The Balaban J connectivity index is 2.83. The number of unbranched alkanes of at least 4 members (excludes halogenated alkanes) is 6. The van der Waals surface area contributed by atoms with Gasteiger partial charge < -0.3 is 0 Å². The molecule has 0 nitrogen and oxygen atoms in total. The van der Waals surface area contributed by atoms with Crippen LogP contribution in [0.15, 0.2) is 0 Å². The molecule has 0 saturated heterocycles. The van der Waals surface area contributed by atoms with E-state index in [4.69, 9.17) is 0 Å². The van der Waals surface area contributed by atoms with Gasteiger partial charge in [0.1, 0.15) is 0 Å². The van der Waals surface area contributed by atoms with Crippen LogP contribution in [0.25, 0.3) is 0 Å². The molecule has 0 aromatic heterocycles. The summed E-state index contributed by atoms with van der Waals surface area (Å²) in [6.07, 6.45) is 9.36. The molecule has 0 unspecified atom stereocenters. The third kappa shape index (κ3) is 10.4. The summed E-state index contributed by atoms with van der Waals surface area (Å²) >= 11 is 1.60. The Bertz CT molecular complexity index is 119. The van der Waals surface area contributed by atoms with Crippen molar-refractivity contribution in [3.63, 3.8) is 0 Å². The molecule has 1 heteroatoms. The van der Waals surface area contributed by atoms with Crippen molar-refractivity contribution in [3.8, 4) is 9.79 Å². The molecular formula is C10H17Sb. The van der Waals surface area contributed by atoms with Crippen molar-refractivity contribution in [2.24, 2.45) is 0 Å². The molecule has 0 amide bonds. The fourth-order valence-electron chi connectivity index (χ4n) is 1.05. The second-order valence-electron chi connectivity index (χ2n) is 2.81. The van der Waals surface area contributed by atoms with Gasteiger partial charge in [0.15, 0.2) is 0 Å². The van der Waals surface area contributed by atoms with Crippen molar-refractivity contribution >= 4 is 23.0 Å². The second kappa shape index (κ2) is 10.4. The van der Waals surface area contributed by atoms with E-state index in [1.807, 2.05) is 0 Å². The fraction of sp³-hybridized carbons (Fsp3) is 0.800. The molecule has 0 atom stereocenters. The summed E-state index contributed by atoms with van der Waals surface area (Å²) in [5.41, 5.74) is 0. The summed E-state index contributed by atoms with van der Waals surface area (Å²) in [7, 11) is 0. The molecular weight excluding hydrogens is 242 g/mol. The first-order valence-corrected chi connectivity index (χ1v) is 5.81. The van der Waals surface area contributed by atoms with Crippen LogP contribution in [0.3, 0.4) is 0 Å². The molecule has 11 heavy (non-hydrogen) atoms. The molecule has 0 aliphatic rings. The predicted octanol–water partition coefficient (Wildman–Crippen LogP) is 2.87. The Hall–Kier alpha value is 0.378. The zero-order valence-corrected chi connectivity index (χ0v) is 9.95. The van der Waals surface area contributed by atoms with Crippen LogP contribution in [0, 0.1) is 9.79 Å². The van der Waals surface area contributed by atoms with Gasteiger partial charge in [-0.1, -0.05) is 0 Å². The minimum absolute atomic E-state index is 1.11. The van der Waals surface area contributed by atoms with Gasteiger partial charge in [-0.25, -0.2) is 0 Å². The van der Waals surface area contributed by atoms with E-state index in [-0.39, 0.29) is 0 Å². The van der Waals surface area contributed by atoms with Crippen LogP contribution in [-0.2, 0) is 0 Å². The fourth-order valence-corrected chi connectivity index (χ4v) is 1.37. The first-order chi connectivity index (χ1) is 5.41. The molecule has 62 valence electrons. The standard InChI is InChI=1S/C10H17.Sb/c1-3-5-7-9-10-8-6-4-2;/h3,5-10H2,1H3;. The predicted molar refractivity (Wildman–Crippen MR) is 51.5 cm³/mol. The van der Waals surface area contributed by atoms with Crippen LogP contribution >= 0.6 is 0 Å². The Morgan fingerprint density at radius 2 is 1.64 bits per heavy atom. The topological polar surface area (TPSA) is 0 Å². The molecule has 0 fully saturated rings. The van der Waals surface area contributed by atoms with Gasteiger partial charge in [0.2, 0.25) is 0 Å². The molecule has 0 spiro atoms. The molecule has 2 radical (unpaired) electrons. The van der Waals surface area contributed by atoms with Gasteiger partial charge in [0.25, 0.3) is 0 Å². The van der Waals surface area contributed by atoms with Crippen LogP contribution in [-0.4, -0.2) is 23.0 Å². The quantitative estimate of drug-likeness (QED) is 0.391. The van der Waals surface area contributed by atoms with E-state index in [1.54, 1.807) is 23.0 Å². The van der Waals surface area contributed by atoms with Crippen LogP contribution in [0.2, 0.25) is 0 Å². The molecule has 0 heterocycles. The van der Waals surface area contributed by atoms with Crippen molar-refractivity contribution in [1.29, 1.82) is 0 Å². The SMILES string of the molecule is CCCCCCCCC#[C][Sb]. The molecule has 0 saturated carbocycles. The Kier molecular flexibility index (Phi) is 10.7. The summed E-state index contributed by atoms with van der Waals surface area (Å²) in [6, 6.07) is 0. The van der Waals surface area contributed by atoms with Crippen molar-refractivity contribution < 1.29 is 0 Å². The van der Waals surface area contributed by atoms with E-state index in [1.165, 1.54) is 38.5 Å². The van der Waals surface area contributed by atoms with Gasteiger partial charge in [-0.05, 0) is 0 Å². The summed E-state index contributed by atoms with van der Waals surface area (Å²) < 4.78 is 2.97. The molecule has 0 bridgehead atoms. The van der Waals surface area contributed by atoms with Gasteiger partial charge in [0, 0.05) is 0 Å². The molecule has 0 aliphatic heterocycles. The third-order valence-electron chi connectivity index (χ3n) is 1.73. The van der Waals surface area contributed by atoms with E-state index in [0.29, 0.717) is 0 Å². The zero-order chi connectivity index (χ0) is 8.36. The van der Waals surface area contributed by atoms with E-state index in [2.05, 4.69) is 16.7 Å². The van der Waals surface area contributed by atoms with E-state index in [9.17, 15) is 0 Å². The first kappa shape index (κ1) is 11.4. The summed E-state index contributed by atoms with van der Waals surface area (Å²) in [5.74, 6) is 3.11. The van der Waals surface area contributed by atoms with Crippen LogP contribution in [0.4, 0.5) is 0 Å². The van der Waals surface area contributed by atoms with E-state index in [0.717, 1.165) is 6.42 Å². The average molecular weight is 259 g/mol. The van der Waals surface area contributed by atoms with Crippen molar-refractivity contribution in [3.05, 3.63) is 0 Å². The maximum absolute atomic E-state index is 3.11. The average Bonchev–Trinajstić information content (AvgIpc) is 2.03. The van der Waals surface area contributed by atoms with E-state index < -0.39 is 0 Å². The number of hydrogen-bond acceptors (Lipinski definition) is 0. The third-order valence-corrected chi connectivity index (χ3v) is 2.19. The molecule has 0 N–H and O–H groups in total. The van der Waals surface area contributed by atoms with Gasteiger partial charge in [-0.15, -0.1) is 0 Å². The Labute approximate surface area is 84.6 Å². The monoisotopic (exact) mass is 258 g/mol. The van der Waals surface area contributed by atoms with Crippen molar-refractivity contribution in [2.45, 2.75) is 51.9 Å². The normalized spacial score (nSPS) is 8.91. The van der Waals surface area contributed by atoms with Gasteiger partial charge in [-0.3, -0.25) is 0 Å². The summed E-state index contributed by atoms with van der Waals surface area (Å²) in [6.45, 7) is 2.25. The Morgan fingerprint density at radius 3 is 2.27 bits per heavy atom. The Morgan fingerprint density at radius 1 is 1.00 bits per heavy atom. The van der Waals surface area contributed by atoms with Gasteiger partial charge >= 0.3 is 84.7 Å². The first-order valence-electron chi connectivity index (χ1n) is 4.53. The minimum atomic E-state index is 1.11. The maximum atomic E-state index is 3.11. The second-order valence-corrected chi connectivity index (χ2v) is 3.44. The number of hydrogen-bond donors (Lipinski definition) is 0. The molecule has 0 rings (SSSR count). The number of rotatable bonds is 6. The van der Waals surface area contributed by atoms with Crippen LogP contribution in [0.5, 0.6) is 0 Å². The van der Waals surface area contributed by atoms with E-state index >= 15 is 0 Å². The van der Waals surface area contributed by atoms with Crippen LogP contribution in [0.1, 0.15) is 51.9 Å². The van der Waals surface area contributed by atoms with Crippen LogP contribution < -0.4 is 0 Å².